The van der Waals surface area contributed by atoms with Gasteiger partial charge in [0.1, 0.15) is 34.0 Å². The van der Waals surface area contributed by atoms with E-state index in [0.29, 0.717) is 16.9 Å². The fourth-order valence-corrected chi connectivity index (χ4v) is 4.58. The van der Waals surface area contributed by atoms with Gasteiger partial charge in [0.05, 0.1) is 11.1 Å². The number of fused-ring (bicyclic) bond motifs is 6. The third-order valence-electron chi connectivity index (χ3n) is 6.14. The number of allylic oxidation sites excluding steroid dienone is 1. The molecule has 2 aromatic carbocycles. The van der Waals surface area contributed by atoms with Crippen LogP contribution >= 0.6 is 0 Å². The summed E-state index contributed by atoms with van der Waals surface area (Å²) in [5, 5.41) is 42.1. The first-order valence-corrected chi connectivity index (χ1v) is 10.2. The number of phenols is 4. The minimum absolute atomic E-state index is 0.0156. The van der Waals surface area contributed by atoms with Crippen LogP contribution in [0.15, 0.2) is 39.6 Å². The maximum absolute atomic E-state index is 13.5. The first-order chi connectivity index (χ1) is 15.0. The van der Waals surface area contributed by atoms with Crippen molar-refractivity contribution in [2.75, 3.05) is 0 Å². The molecule has 1 atom stereocenters. The number of aromatic hydroxyl groups is 4. The van der Waals surface area contributed by atoms with Gasteiger partial charge in [0, 0.05) is 29.2 Å². The van der Waals surface area contributed by atoms with Gasteiger partial charge in [-0.1, -0.05) is 12.2 Å². The quantitative estimate of drug-likeness (QED) is 0.249. The molecule has 0 fully saturated rings. The van der Waals surface area contributed by atoms with Crippen molar-refractivity contribution in [2.45, 2.75) is 38.7 Å². The Balaban J connectivity index is 1.93. The van der Waals surface area contributed by atoms with Gasteiger partial charge in [0.2, 0.25) is 0 Å². The normalized spacial score (nSPS) is 17.9. The molecule has 0 radical (unpaired) electrons. The highest BCUT2D eigenvalue weighted by Gasteiger charge is 2.37. The van der Waals surface area contributed by atoms with Gasteiger partial charge < -0.3 is 29.6 Å². The summed E-state index contributed by atoms with van der Waals surface area (Å²) < 4.78 is 12.1. The lowest BCUT2D eigenvalue weighted by Crippen LogP contribution is -2.27. The Morgan fingerprint density at radius 2 is 1.84 bits per heavy atom. The first kappa shape index (κ1) is 20.1. The van der Waals surface area contributed by atoms with Crippen molar-refractivity contribution >= 4 is 17.0 Å². The monoisotopic (exact) mass is 434 g/mol. The van der Waals surface area contributed by atoms with E-state index in [1.807, 2.05) is 19.9 Å². The number of hydrogen-bond donors (Lipinski definition) is 4. The lowest BCUT2D eigenvalue weighted by Gasteiger charge is -2.30. The Labute approximate surface area is 183 Å². The van der Waals surface area contributed by atoms with Gasteiger partial charge in [-0.15, -0.1) is 0 Å². The molecule has 0 unspecified atom stereocenters. The van der Waals surface area contributed by atoms with Crippen molar-refractivity contribution in [1.29, 1.82) is 0 Å². The summed E-state index contributed by atoms with van der Waals surface area (Å²) >= 11 is 0. The second-order valence-corrected chi connectivity index (χ2v) is 8.94. The highest BCUT2D eigenvalue weighted by atomic mass is 16.5. The molecule has 1 aromatic heterocycles. The molecule has 32 heavy (non-hydrogen) atoms. The lowest BCUT2D eigenvalue weighted by molar-refractivity contribution is 0.158. The fourth-order valence-electron chi connectivity index (χ4n) is 4.58. The molecule has 5 rings (SSSR count). The van der Waals surface area contributed by atoms with Crippen LogP contribution in [0.25, 0.3) is 28.4 Å². The summed E-state index contributed by atoms with van der Waals surface area (Å²) in [6.07, 6.45) is 3.71. The standard InChI is InChI=1S/C25H22O7/c1-10(2)12-7-13-21(29)20-15(27)9-17-11(5-6-25(3,4)32-17)23(20)31-24(13)19-14(26)8-16(28)22(30)18(12)19/h5-6,8-9,12,26-28,30H,1,7H2,2-4H3/t12-/m0/s1. The average molecular weight is 434 g/mol. The zero-order chi connectivity index (χ0) is 23.1. The second-order valence-electron chi connectivity index (χ2n) is 8.94. The van der Waals surface area contributed by atoms with E-state index < -0.39 is 28.4 Å². The molecule has 0 amide bonds. The zero-order valence-corrected chi connectivity index (χ0v) is 17.8. The van der Waals surface area contributed by atoms with Crippen molar-refractivity contribution in [1.82, 2.24) is 0 Å². The van der Waals surface area contributed by atoms with Crippen molar-refractivity contribution in [3.05, 3.63) is 57.3 Å². The Hall–Kier alpha value is -3.87. The summed E-state index contributed by atoms with van der Waals surface area (Å²) in [6.45, 7) is 9.40. The maximum atomic E-state index is 13.5. The Morgan fingerprint density at radius 1 is 1.12 bits per heavy atom. The van der Waals surface area contributed by atoms with E-state index in [9.17, 15) is 25.2 Å². The molecule has 0 bridgehead atoms. The molecule has 0 saturated carbocycles. The van der Waals surface area contributed by atoms with Crippen LogP contribution in [-0.2, 0) is 6.42 Å². The van der Waals surface area contributed by atoms with E-state index in [-0.39, 0.29) is 51.3 Å². The molecular weight excluding hydrogens is 412 g/mol. The van der Waals surface area contributed by atoms with Gasteiger partial charge in [-0.05, 0) is 39.3 Å². The molecule has 2 aliphatic rings. The van der Waals surface area contributed by atoms with Crippen molar-refractivity contribution in [3.8, 4) is 40.1 Å². The number of ether oxygens (including phenoxy) is 1. The smallest absolute Gasteiger partial charge is 0.200 e. The Morgan fingerprint density at radius 3 is 2.53 bits per heavy atom. The van der Waals surface area contributed by atoms with Crippen LogP contribution < -0.4 is 10.2 Å². The summed E-state index contributed by atoms with van der Waals surface area (Å²) in [6, 6.07) is 2.41. The van der Waals surface area contributed by atoms with Crippen LogP contribution in [0, 0.1) is 0 Å². The predicted molar refractivity (Wildman–Crippen MR) is 120 cm³/mol. The van der Waals surface area contributed by atoms with Gasteiger partial charge >= 0.3 is 0 Å². The highest BCUT2D eigenvalue weighted by molar-refractivity contribution is 5.96. The van der Waals surface area contributed by atoms with E-state index in [1.165, 1.54) is 6.07 Å². The number of hydrogen-bond acceptors (Lipinski definition) is 7. The molecule has 3 aromatic rings. The number of benzene rings is 2. The minimum Gasteiger partial charge on any atom is -0.507 e. The summed E-state index contributed by atoms with van der Waals surface area (Å²) in [5.41, 5.74) is 0.789. The molecule has 1 aliphatic heterocycles. The molecule has 2 heterocycles. The molecule has 7 nitrogen and oxygen atoms in total. The minimum atomic E-state index is -0.607. The van der Waals surface area contributed by atoms with E-state index in [4.69, 9.17) is 9.15 Å². The largest absolute Gasteiger partial charge is 0.507 e. The maximum Gasteiger partial charge on any atom is 0.200 e. The summed E-state index contributed by atoms with van der Waals surface area (Å²) in [7, 11) is 0. The van der Waals surface area contributed by atoms with E-state index >= 15 is 0 Å². The van der Waals surface area contributed by atoms with Gasteiger partial charge in [0.15, 0.2) is 22.5 Å². The zero-order valence-electron chi connectivity index (χ0n) is 17.8. The molecular formula is C25H22O7. The molecule has 7 heteroatoms. The van der Waals surface area contributed by atoms with Crippen LogP contribution in [0.1, 0.15) is 43.4 Å². The van der Waals surface area contributed by atoms with Crippen LogP contribution in [0.3, 0.4) is 0 Å². The molecule has 4 N–H and O–H groups in total. The molecule has 1 aliphatic carbocycles. The van der Waals surface area contributed by atoms with Gasteiger partial charge in [-0.2, -0.15) is 0 Å². The second kappa shape index (κ2) is 6.32. The molecule has 164 valence electrons. The van der Waals surface area contributed by atoms with Crippen LogP contribution in [0.4, 0.5) is 0 Å². The SMILES string of the molecule is C=C(C)[C@@H]1Cc2c(oc3c4c(cc(O)c3c2=O)OC(C)(C)C=C4)-c2c(O)cc(O)c(O)c21. The van der Waals surface area contributed by atoms with Gasteiger partial charge in [-0.3, -0.25) is 4.79 Å². The average Bonchev–Trinajstić information content (AvgIpc) is 2.69. The third-order valence-corrected chi connectivity index (χ3v) is 6.14. The summed E-state index contributed by atoms with van der Waals surface area (Å²) in [4.78, 5) is 13.5. The van der Waals surface area contributed by atoms with Crippen molar-refractivity contribution in [3.63, 3.8) is 0 Å². The van der Waals surface area contributed by atoms with E-state index in [0.717, 1.165) is 6.07 Å². The van der Waals surface area contributed by atoms with E-state index in [2.05, 4.69) is 6.58 Å². The molecule has 0 spiro atoms. The fraction of sp³-hybridized carbons (Fsp3) is 0.240. The summed E-state index contributed by atoms with van der Waals surface area (Å²) in [5.74, 6) is -1.59. The van der Waals surface area contributed by atoms with Crippen molar-refractivity contribution < 1.29 is 29.6 Å². The Kier molecular flexibility index (Phi) is 3.96. The molecule has 0 saturated heterocycles. The Bertz CT molecular complexity index is 1440. The number of rotatable bonds is 1. The lowest BCUT2D eigenvalue weighted by atomic mass is 9.77. The van der Waals surface area contributed by atoms with Crippen molar-refractivity contribution in [2.24, 2.45) is 0 Å². The number of phenolic OH excluding ortho intramolecular Hbond substituents is 4. The highest BCUT2D eigenvalue weighted by Crippen LogP contribution is 2.53. The van der Waals surface area contributed by atoms with Crippen LogP contribution in [-0.4, -0.2) is 26.0 Å². The van der Waals surface area contributed by atoms with E-state index in [1.54, 1.807) is 13.0 Å². The first-order valence-electron chi connectivity index (χ1n) is 10.2. The van der Waals surface area contributed by atoms with Crippen LogP contribution in [0.5, 0.6) is 28.7 Å². The topological polar surface area (TPSA) is 120 Å². The van der Waals surface area contributed by atoms with Crippen LogP contribution in [0.2, 0.25) is 0 Å². The van der Waals surface area contributed by atoms with Gasteiger partial charge in [-0.25, -0.2) is 0 Å². The third kappa shape index (κ3) is 2.64. The predicted octanol–water partition coefficient (Wildman–Crippen LogP) is 4.68. The van der Waals surface area contributed by atoms with Gasteiger partial charge in [0.25, 0.3) is 0 Å².